The summed E-state index contributed by atoms with van der Waals surface area (Å²) in [5.74, 6) is -0.234. The minimum atomic E-state index is -0.234. The van der Waals surface area contributed by atoms with Crippen molar-refractivity contribution in [3.05, 3.63) is 34.6 Å². The van der Waals surface area contributed by atoms with Crippen LogP contribution in [0.25, 0.3) is 0 Å². The fraction of sp³-hybridized carbons (Fsp3) is 0.455. The molecule has 1 aliphatic heterocycles. The molecule has 0 saturated carbocycles. The summed E-state index contributed by atoms with van der Waals surface area (Å²) < 4.78 is 18.2. The molecule has 82 valence electrons. The highest BCUT2D eigenvalue weighted by molar-refractivity contribution is 6.31. The minimum Gasteiger partial charge on any atom is -0.379 e. The zero-order valence-corrected chi connectivity index (χ0v) is 9.13. The average molecular weight is 230 g/mol. The van der Waals surface area contributed by atoms with Gasteiger partial charge in [0.05, 0.1) is 13.2 Å². The summed E-state index contributed by atoms with van der Waals surface area (Å²) >= 11 is 5.99. The number of hydrogen-bond acceptors (Lipinski definition) is 2. The van der Waals surface area contributed by atoms with Gasteiger partial charge >= 0.3 is 0 Å². The second-order valence-electron chi connectivity index (χ2n) is 3.62. The smallest absolute Gasteiger partial charge is 0.123 e. The van der Waals surface area contributed by atoms with Crippen LogP contribution in [-0.2, 0) is 11.3 Å². The summed E-state index contributed by atoms with van der Waals surface area (Å²) in [7, 11) is 0. The Kier molecular flexibility index (Phi) is 3.57. The molecule has 15 heavy (non-hydrogen) atoms. The van der Waals surface area contributed by atoms with Gasteiger partial charge in [0.15, 0.2) is 0 Å². The lowest BCUT2D eigenvalue weighted by Gasteiger charge is -2.26. The number of ether oxygens (including phenoxy) is 1. The van der Waals surface area contributed by atoms with Gasteiger partial charge in [-0.15, -0.1) is 0 Å². The van der Waals surface area contributed by atoms with Crippen LogP contribution < -0.4 is 0 Å². The van der Waals surface area contributed by atoms with Gasteiger partial charge in [0.1, 0.15) is 5.82 Å². The summed E-state index contributed by atoms with van der Waals surface area (Å²) in [6.45, 7) is 3.94. The summed E-state index contributed by atoms with van der Waals surface area (Å²) in [5, 5.41) is 0.628. The van der Waals surface area contributed by atoms with E-state index in [1.54, 1.807) is 6.07 Å². The largest absolute Gasteiger partial charge is 0.379 e. The first-order valence-electron chi connectivity index (χ1n) is 5.00. The van der Waals surface area contributed by atoms with Crippen LogP contribution in [0.5, 0.6) is 0 Å². The van der Waals surface area contributed by atoms with Gasteiger partial charge in [-0.25, -0.2) is 4.39 Å². The molecule has 0 unspecified atom stereocenters. The Morgan fingerprint density at radius 3 is 2.80 bits per heavy atom. The number of hydrogen-bond donors (Lipinski definition) is 0. The Balaban J connectivity index is 2.05. The van der Waals surface area contributed by atoms with Gasteiger partial charge < -0.3 is 4.74 Å². The van der Waals surface area contributed by atoms with Crippen LogP contribution in [0.1, 0.15) is 5.56 Å². The van der Waals surface area contributed by atoms with Crippen LogP contribution in [0.15, 0.2) is 18.2 Å². The molecular formula is C11H13ClFNO. The maximum Gasteiger partial charge on any atom is 0.123 e. The fourth-order valence-electron chi connectivity index (χ4n) is 1.66. The molecule has 0 amide bonds. The van der Waals surface area contributed by atoms with E-state index in [1.807, 2.05) is 0 Å². The third-order valence-electron chi connectivity index (χ3n) is 2.51. The maximum atomic E-state index is 13.0. The van der Waals surface area contributed by atoms with Crippen LogP contribution >= 0.6 is 11.6 Å². The molecule has 1 fully saturated rings. The second-order valence-corrected chi connectivity index (χ2v) is 4.03. The van der Waals surface area contributed by atoms with Gasteiger partial charge in [0.2, 0.25) is 0 Å². The second kappa shape index (κ2) is 4.92. The van der Waals surface area contributed by atoms with Crippen molar-refractivity contribution in [1.82, 2.24) is 4.90 Å². The molecule has 0 radical (unpaired) electrons. The van der Waals surface area contributed by atoms with Crippen LogP contribution in [0.4, 0.5) is 4.39 Å². The van der Waals surface area contributed by atoms with Crippen LogP contribution in [-0.4, -0.2) is 31.2 Å². The Morgan fingerprint density at radius 1 is 1.33 bits per heavy atom. The van der Waals surface area contributed by atoms with Crippen LogP contribution in [0.2, 0.25) is 5.02 Å². The molecule has 0 N–H and O–H groups in total. The summed E-state index contributed by atoms with van der Waals surface area (Å²) in [6.07, 6.45) is 0. The summed E-state index contributed by atoms with van der Waals surface area (Å²) in [4.78, 5) is 2.21. The Hall–Kier alpha value is -0.640. The lowest BCUT2D eigenvalue weighted by Crippen LogP contribution is -2.35. The summed E-state index contributed by atoms with van der Waals surface area (Å²) in [6, 6.07) is 4.48. The minimum absolute atomic E-state index is 0.234. The van der Waals surface area contributed by atoms with Crippen molar-refractivity contribution in [2.45, 2.75) is 6.54 Å². The molecule has 4 heteroatoms. The third-order valence-corrected chi connectivity index (χ3v) is 2.87. The molecule has 0 aliphatic carbocycles. The highest BCUT2D eigenvalue weighted by atomic mass is 35.5. The van der Waals surface area contributed by atoms with Crippen molar-refractivity contribution in [2.75, 3.05) is 26.3 Å². The highest BCUT2D eigenvalue weighted by Crippen LogP contribution is 2.19. The molecule has 1 aliphatic rings. The lowest BCUT2D eigenvalue weighted by molar-refractivity contribution is 0.0341. The first-order valence-corrected chi connectivity index (χ1v) is 5.37. The fourth-order valence-corrected chi connectivity index (χ4v) is 1.84. The van der Waals surface area contributed by atoms with Crippen molar-refractivity contribution in [3.63, 3.8) is 0 Å². The predicted molar refractivity (Wildman–Crippen MR) is 57.5 cm³/mol. The molecule has 0 atom stereocenters. The number of nitrogens with zero attached hydrogens (tertiary/aromatic N) is 1. The lowest BCUT2D eigenvalue weighted by atomic mass is 10.2. The predicted octanol–water partition coefficient (Wildman–Crippen LogP) is 2.31. The van der Waals surface area contributed by atoms with Crippen LogP contribution in [0.3, 0.4) is 0 Å². The standard InChI is InChI=1S/C11H13ClFNO/c12-11-2-1-10(13)7-9(11)8-14-3-5-15-6-4-14/h1-2,7H,3-6,8H2. The molecule has 1 aromatic carbocycles. The SMILES string of the molecule is Fc1ccc(Cl)c(CN2CCOCC2)c1. The van der Waals surface area contributed by atoms with Crippen molar-refractivity contribution in [1.29, 1.82) is 0 Å². The monoisotopic (exact) mass is 229 g/mol. The number of benzene rings is 1. The first-order chi connectivity index (χ1) is 7.25. The molecule has 0 bridgehead atoms. The molecule has 2 nitrogen and oxygen atoms in total. The zero-order valence-electron chi connectivity index (χ0n) is 8.38. The molecular weight excluding hydrogens is 217 g/mol. The Labute approximate surface area is 93.6 Å². The number of rotatable bonds is 2. The number of halogens is 2. The number of morpholine rings is 1. The quantitative estimate of drug-likeness (QED) is 0.772. The van der Waals surface area contributed by atoms with E-state index in [0.717, 1.165) is 31.9 Å². The van der Waals surface area contributed by atoms with E-state index in [9.17, 15) is 4.39 Å². The maximum absolute atomic E-state index is 13.0. The molecule has 1 aromatic rings. The van der Waals surface area contributed by atoms with E-state index >= 15 is 0 Å². The van der Waals surface area contributed by atoms with E-state index < -0.39 is 0 Å². The molecule has 0 spiro atoms. The average Bonchev–Trinajstić information content (AvgIpc) is 2.25. The Morgan fingerprint density at radius 2 is 2.07 bits per heavy atom. The highest BCUT2D eigenvalue weighted by Gasteiger charge is 2.12. The van der Waals surface area contributed by atoms with Gasteiger partial charge in [-0.3, -0.25) is 4.90 Å². The van der Waals surface area contributed by atoms with E-state index in [1.165, 1.54) is 12.1 Å². The molecule has 1 saturated heterocycles. The van der Waals surface area contributed by atoms with Crippen molar-refractivity contribution >= 4 is 11.6 Å². The van der Waals surface area contributed by atoms with Gasteiger partial charge in [0.25, 0.3) is 0 Å². The molecule has 2 rings (SSSR count). The van der Waals surface area contributed by atoms with Crippen molar-refractivity contribution in [3.8, 4) is 0 Å². The van der Waals surface area contributed by atoms with E-state index in [-0.39, 0.29) is 5.82 Å². The normalized spacial score (nSPS) is 18.0. The van der Waals surface area contributed by atoms with Crippen molar-refractivity contribution in [2.24, 2.45) is 0 Å². The van der Waals surface area contributed by atoms with E-state index in [2.05, 4.69) is 4.90 Å². The van der Waals surface area contributed by atoms with Gasteiger partial charge in [-0.2, -0.15) is 0 Å². The third kappa shape index (κ3) is 2.91. The zero-order chi connectivity index (χ0) is 10.7. The van der Waals surface area contributed by atoms with Crippen molar-refractivity contribution < 1.29 is 9.13 Å². The van der Waals surface area contributed by atoms with Gasteiger partial charge in [0, 0.05) is 24.7 Å². The molecule has 1 heterocycles. The van der Waals surface area contributed by atoms with Crippen LogP contribution in [0, 0.1) is 5.82 Å². The van der Waals surface area contributed by atoms with Gasteiger partial charge in [-0.05, 0) is 23.8 Å². The molecule has 0 aromatic heterocycles. The topological polar surface area (TPSA) is 12.5 Å². The van der Waals surface area contributed by atoms with E-state index in [4.69, 9.17) is 16.3 Å². The summed E-state index contributed by atoms with van der Waals surface area (Å²) in [5.41, 5.74) is 0.846. The first kappa shape index (κ1) is 10.9. The Bertz CT molecular complexity index is 339. The van der Waals surface area contributed by atoms with Gasteiger partial charge in [-0.1, -0.05) is 11.6 Å². The van der Waals surface area contributed by atoms with E-state index in [0.29, 0.717) is 11.6 Å².